The van der Waals surface area contributed by atoms with Crippen LogP contribution in [0.15, 0.2) is 42.5 Å². The molecule has 0 bridgehead atoms. The Labute approximate surface area is 147 Å². The molecule has 2 nitrogen and oxygen atoms in total. The van der Waals surface area contributed by atoms with Gasteiger partial charge in [-0.15, -0.1) is 0 Å². The summed E-state index contributed by atoms with van der Waals surface area (Å²) in [5.41, 5.74) is 2.57. The van der Waals surface area contributed by atoms with Gasteiger partial charge in [-0.2, -0.15) is 0 Å². The van der Waals surface area contributed by atoms with Crippen molar-refractivity contribution in [3.05, 3.63) is 69.2 Å². The number of rotatable bonds is 6. The minimum absolute atomic E-state index is 0.295. The standard InChI is InChI=1S/C19H20Cl2O2/c1-3-13(14-4-6-15(7-5-14)19(22)23)10-12(2)17-9-8-16(20)11-18(17)21/h4-9,11-13H,3,10H2,1-2H3,(H,22,23). The summed E-state index contributed by atoms with van der Waals surface area (Å²) in [7, 11) is 0. The van der Waals surface area contributed by atoms with Gasteiger partial charge in [-0.25, -0.2) is 4.79 Å². The average molecular weight is 351 g/mol. The first kappa shape index (κ1) is 17.8. The topological polar surface area (TPSA) is 37.3 Å². The highest BCUT2D eigenvalue weighted by atomic mass is 35.5. The summed E-state index contributed by atoms with van der Waals surface area (Å²) < 4.78 is 0. The molecule has 0 spiro atoms. The SMILES string of the molecule is CCC(CC(C)c1ccc(Cl)cc1Cl)c1ccc(C(=O)O)cc1. The zero-order valence-corrected chi connectivity index (χ0v) is 14.7. The van der Waals surface area contributed by atoms with Gasteiger partial charge in [-0.3, -0.25) is 0 Å². The highest BCUT2D eigenvalue weighted by Gasteiger charge is 2.17. The molecule has 0 saturated heterocycles. The molecular weight excluding hydrogens is 331 g/mol. The fraction of sp³-hybridized carbons (Fsp3) is 0.316. The normalized spacial score (nSPS) is 13.6. The molecule has 0 fully saturated rings. The predicted octanol–water partition coefficient (Wildman–Crippen LogP) is 6.38. The van der Waals surface area contributed by atoms with E-state index in [1.165, 1.54) is 0 Å². The highest BCUT2D eigenvalue weighted by molar-refractivity contribution is 6.35. The van der Waals surface area contributed by atoms with Crippen LogP contribution in [0.2, 0.25) is 10.0 Å². The van der Waals surface area contributed by atoms with Crippen LogP contribution in [-0.4, -0.2) is 11.1 Å². The zero-order chi connectivity index (χ0) is 17.0. The highest BCUT2D eigenvalue weighted by Crippen LogP contribution is 2.35. The molecule has 2 aromatic carbocycles. The summed E-state index contributed by atoms with van der Waals surface area (Å²) in [6.45, 7) is 4.30. The number of aromatic carboxylic acids is 1. The van der Waals surface area contributed by atoms with Gasteiger partial charge in [0.25, 0.3) is 0 Å². The van der Waals surface area contributed by atoms with Crippen molar-refractivity contribution < 1.29 is 9.90 Å². The molecule has 2 atom stereocenters. The minimum atomic E-state index is -0.897. The van der Waals surface area contributed by atoms with Gasteiger partial charge < -0.3 is 5.11 Å². The van der Waals surface area contributed by atoms with Gasteiger partial charge in [0.05, 0.1) is 5.56 Å². The van der Waals surface area contributed by atoms with Crippen LogP contribution in [0.4, 0.5) is 0 Å². The average Bonchev–Trinajstić information content (AvgIpc) is 2.52. The maximum atomic E-state index is 11.0. The molecule has 0 aliphatic rings. The van der Waals surface area contributed by atoms with Crippen molar-refractivity contribution in [2.45, 2.75) is 38.5 Å². The molecule has 122 valence electrons. The molecule has 23 heavy (non-hydrogen) atoms. The lowest BCUT2D eigenvalue weighted by Gasteiger charge is -2.21. The molecule has 0 aromatic heterocycles. The van der Waals surface area contributed by atoms with Crippen molar-refractivity contribution >= 4 is 29.2 Å². The lowest BCUT2D eigenvalue weighted by atomic mass is 9.84. The van der Waals surface area contributed by atoms with E-state index in [1.54, 1.807) is 18.2 Å². The van der Waals surface area contributed by atoms with Gasteiger partial charge >= 0.3 is 5.97 Å². The number of hydrogen-bond acceptors (Lipinski definition) is 1. The number of carboxylic acid groups (broad SMARTS) is 1. The van der Waals surface area contributed by atoms with E-state index in [4.69, 9.17) is 28.3 Å². The largest absolute Gasteiger partial charge is 0.478 e. The summed E-state index contributed by atoms with van der Waals surface area (Å²) in [6, 6.07) is 12.8. The second-order valence-electron chi connectivity index (χ2n) is 5.83. The van der Waals surface area contributed by atoms with E-state index in [0.29, 0.717) is 27.4 Å². The monoisotopic (exact) mass is 350 g/mol. The lowest BCUT2D eigenvalue weighted by molar-refractivity contribution is 0.0697. The minimum Gasteiger partial charge on any atom is -0.478 e. The van der Waals surface area contributed by atoms with Crippen LogP contribution in [0.25, 0.3) is 0 Å². The van der Waals surface area contributed by atoms with E-state index < -0.39 is 5.97 Å². The molecule has 0 heterocycles. The third kappa shape index (κ3) is 4.49. The van der Waals surface area contributed by atoms with Crippen molar-refractivity contribution in [1.29, 1.82) is 0 Å². The van der Waals surface area contributed by atoms with Gasteiger partial charge in [0.2, 0.25) is 0 Å². The van der Waals surface area contributed by atoms with Crippen molar-refractivity contribution in [2.75, 3.05) is 0 Å². The fourth-order valence-corrected chi connectivity index (χ4v) is 3.49. The van der Waals surface area contributed by atoms with Gasteiger partial charge in [0, 0.05) is 10.0 Å². The molecule has 2 aromatic rings. The Kier molecular flexibility index (Phi) is 6.09. The summed E-state index contributed by atoms with van der Waals surface area (Å²) in [5, 5.41) is 10.3. The van der Waals surface area contributed by atoms with Crippen LogP contribution in [0, 0.1) is 0 Å². The lowest BCUT2D eigenvalue weighted by Crippen LogP contribution is -2.05. The zero-order valence-electron chi connectivity index (χ0n) is 13.2. The Morgan fingerprint density at radius 1 is 1.13 bits per heavy atom. The summed E-state index contributed by atoms with van der Waals surface area (Å²) in [4.78, 5) is 11.0. The molecule has 0 radical (unpaired) electrons. The molecule has 0 amide bonds. The first-order valence-corrected chi connectivity index (χ1v) is 8.46. The third-order valence-corrected chi connectivity index (χ3v) is 4.82. The van der Waals surface area contributed by atoms with Crippen molar-refractivity contribution in [1.82, 2.24) is 0 Å². The summed E-state index contributed by atoms with van der Waals surface area (Å²) in [5.74, 6) is -0.241. The van der Waals surface area contributed by atoms with E-state index in [-0.39, 0.29) is 0 Å². The van der Waals surface area contributed by atoms with Crippen LogP contribution < -0.4 is 0 Å². The maximum Gasteiger partial charge on any atom is 0.335 e. The summed E-state index contributed by atoms with van der Waals surface area (Å²) in [6.07, 6.45) is 1.94. The number of hydrogen-bond donors (Lipinski definition) is 1. The van der Waals surface area contributed by atoms with Crippen molar-refractivity contribution in [3.8, 4) is 0 Å². The summed E-state index contributed by atoms with van der Waals surface area (Å²) >= 11 is 12.3. The maximum absolute atomic E-state index is 11.0. The molecular formula is C19H20Cl2O2. The van der Waals surface area contributed by atoms with Crippen LogP contribution in [0.1, 0.15) is 60.0 Å². The molecule has 0 aliphatic carbocycles. The molecule has 4 heteroatoms. The third-order valence-electron chi connectivity index (χ3n) is 4.25. The van der Waals surface area contributed by atoms with E-state index in [0.717, 1.165) is 24.0 Å². The van der Waals surface area contributed by atoms with Crippen LogP contribution >= 0.6 is 23.2 Å². The Morgan fingerprint density at radius 3 is 2.30 bits per heavy atom. The Bertz CT molecular complexity index is 680. The van der Waals surface area contributed by atoms with E-state index in [2.05, 4.69) is 13.8 Å². The van der Waals surface area contributed by atoms with Crippen LogP contribution in [0.5, 0.6) is 0 Å². The van der Waals surface area contributed by atoms with E-state index in [1.807, 2.05) is 24.3 Å². The van der Waals surface area contributed by atoms with E-state index >= 15 is 0 Å². The predicted molar refractivity (Wildman–Crippen MR) is 95.9 cm³/mol. The van der Waals surface area contributed by atoms with E-state index in [9.17, 15) is 4.79 Å². The van der Waals surface area contributed by atoms with Crippen LogP contribution in [0.3, 0.4) is 0 Å². The molecule has 1 N–H and O–H groups in total. The number of carbonyl (C=O) groups is 1. The van der Waals surface area contributed by atoms with Crippen LogP contribution in [-0.2, 0) is 0 Å². The first-order chi connectivity index (χ1) is 10.9. The molecule has 0 aliphatic heterocycles. The Balaban J connectivity index is 2.16. The van der Waals surface area contributed by atoms with Gasteiger partial charge in [-0.05, 0) is 60.1 Å². The molecule has 2 unspecified atom stereocenters. The Hall–Kier alpha value is -1.51. The van der Waals surface area contributed by atoms with Gasteiger partial charge in [0.15, 0.2) is 0 Å². The van der Waals surface area contributed by atoms with Gasteiger partial charge in [0.1, 0.15) is 0 Å². The molecule has 0 saturated carbocycles. The number of halogens is 2. The first-order valence-electron chi connectivity index (χ1n) is 7.70. The smallest absolute Gasteiger partial charge is 0.335 e. The number of benzene rings is 2. The van der Waals surface area contributed by atoms with Crippen molar-refractivity contribution in [3.63, 3.8) is 0 Å². The van der Waals surface area contributed by atoms with Crippen molar-refractivity contribution in [2.24, 2.45) is 0 Å². The fourth-order valence-electron chi connectivity index (χ4n) is 2.89. The molecule has 2 rings (SSSR count). The van der Waals surface area contributed by atoms with Gasteiger partial charge in [-0.1, -0.05) is 55.2 Å². The Morgan fingerprint density at radius 2 is 1.78 bits per heavy atom. The second-order valence-corrected chi connectivity index (χ2v) is 6.68. The second kappa shape index (κ2) is 7.85. The number of carboxylic acids is 1. The quantitative estimate of drug-likeness (QED) is 0.656.